The van der Waals surface area contributed by atoms with E-state index in [0.29, 0.717) is 4.99 Å². The molecular formula is C17H16N2S. The Morgan fingerprint density at radius 1 is 1.10 bits per heavy atom. The first-order valence-corrected chi connectivity index (χ1v) is 6.98. The minimum atomic E-state index is 0.443. The molecule has 0 amide bonds. The van der Waals surface area contributed by atoms with Gasteiger partial charge in [0.2, 0.25) is 0 Å². The van der Waals surface area contributed by atoms with Crippen molar-refractivity contribution >= 4 is 28.1 Å². The molecule has 0 aliphatic rings. The maximum atomic E-state index is 5.67. The molecule has 0 fully saturated rings. The second-order valence-electron chi connectivity index (χ2n) is 5.07. The monoisotopic (exact) mass is 280 g/mol. The van der Waals surface area contributed by atoms with Crippen molar-refractivity contribution in [3.8, 4) is 0 Å². The summed E-state index contributed by atoms with van der Waals surface area (Å²) >= 11 is 5.02. The number of hydrogen-bond acceptors (Lipinski definition) is 1. The molecule has 3 rings (SSSR count). The molecule has 2 N–H and O–H groups in total. The summed E-state index contributed by atoms with van der Waals surface area (Å²) in [7, 11) is 0. The van der Waals surface area contributed by atoms with Gasteiger partial charge in [0.25, 0.3) is 0 Å². The Morgan fingerprint density at radius 2 is 1.85 bits per heavy atom. The molecule has 0 radical (unpaired) electrons. The van der Waals surface area contributed by atoms with Crippen LogP contribution in [0.2, 0.25) is 0 Å². The van der Waals surface area contributed by atoms with Crippen LogP contribution in [0.25, 0.3) is 10.9 Å². The topological polar surface area (TPSA) is 30.9 Å². The van der Waals surface area contributed by atoms with E-state index in [-0.39, 0.29) is 0 Å². The summed E-state index contributed by atoms with van der Waals surface area (Å²) in [5.41, 5.74) is 10.4. The summed E-state index contributed by atoms with van der Waals surface area (Å²) in [6.45, 7) is 2.97. The van der Waals surface area contributed by atoms with E-state index in [1.165, 1.54) is 22.0 Å². The smallest absolute Gasteiger partial charge is 0.104 e. The van der Waals surface area contributed by atoms with Crippen LogP contribution in [0.4, 0.5) is 0 Å². The van der Waals surface area contributed by atoms with Crippen LogP contribution in [0, 0.1) is 6.92 Å². The first-order chi connectivity index (χ1) is 9.63. The Hall–Kier alpha value is -2.13. The highest BCUT2D eigenvalue weighted by atomic mass is 32.1. The fraction of sp³-hybridized carbons (Fsp3) is 0.118. The molecule has 1 heterocycles. The van der Waals surface area contributed by atoms with E-state index in [9.17, 15) is 0 Å². The standard InChI is InChI=1S/C17H16N2S/c1-12-2-4-13(5-3-12)11-19-9-8-14-10-15(17(18)20)6-7-16(14)19/h2-10H,11H2,1H3,(H2,18,20). The average Bonchev–Trinajstić information content (AvgIpc) is 2.84. The lowest BCUT2D eigenvalue weighted by atomic mass is 10.1. The minimum Gasteiger partial charge on any atom is -0.389 e. The molecule has 0 saturated carbocycles. The third kappa shape index (κ3) is 2.45. The number of nitrogens with two attached hydrogens (primary N) is 1. The van der Waals surface area contributed by atoms with Crippen LogP contribution in [0.1, 0.15) is 16.7 Å². The summed E-state index contributed by atoms with van der Waals surface area (Å²) in [5.74, 6) is 0. The number of hydrogen-bond donors (Lipinski definition) is 1. The zero-order valence-corrected chi connectivity index (χ0v) is 12.2. The summed E-state index contributed by atoms with van der Waals surface area (Å²) in [6, 6.07) is 16.8. The van der Waals surface area contributed by atoms with Gasteiger partial charge in [-0.25, -0.2) is 0 Å². The van der Waals surface area contributed by atoms with Crippen molar-refractivity contribution in [3.63, 3.8) is 0 Å². The predicted molar refractivity (Wildman–Crippen MR) is 88.1 cm³/mol. The van der Waals surface area contributed by atoms with Gasteiger partial charge in [0.05, 0.1) is 0 Å². The van der Waals surface area contributed by atoms with Gasteiger partial charge in [-0.3, -0.25) is 0 Å². The molecule has 2 nitrogen and oxygen atoms in total. The van der Waals surface area contributed by atoms with E-state index in [4.69, 9.17) is 18.0 Å². The zero-order valence-electron chi connectivity index (χ0n) is 11.3. The predicted octanol–water partition coefficient (Wildman–Crippen LogP) is 3.63. The number of benzene rings is 2. The van der Waals surface area contributed by atoms with Crippen molar-refractivity contribution in [1.29, 1.82) is 0 Å². The lowest BCUT2D eigenvalue weighted by Gasteiger charge is -2.07. The van der Waals surface area contributed by atoms with Crippen molar-refractivity contribution < 1.29 is 0 Å². The van der Waals surface area contributed by atoms with Crippen LogP contribution >= 0.6 is 12.2 Å². The van der Waals surface area contributed by atoms with Gasteiger partial charge in [-0.05, 0) is 36.8 Å². The van der Waals surface area contributed by atoms with Gasteiger partial charge < -0.3 is 10.3 Å². The molecule has 3 aromatic rings. The van der Waals surface area contributed by atoms with Crippen LogP contribution in [-0.4, -0.2) is 9.56 Å². The lowest BCUT2D eigenvalue weighted by Crippen LogP contribution is -2.08. The Morgan fingerprint density at radius 3 is 2.55 bits per heavy atom. The normalized spacial score (nSPS) is 10.8. The van der Waals surface area contributed by atoms with E-state index in [1.54, 1.807) is 0 Å². The summed E-state index contributed by atoms with van der Waals surface area (Å²) in [4.78, 5) is 0.443. The number of thiocarbonyl (C=S) groups is 1. The summed E-state index contributed by atoms with van der Waals surface area (Å²) in [6.07, 6.45) is 2.11. The number of nitrogens with zero attached hydrogens (tertiary/aromatic N) is 1. The fourth-order valence-electron chi connectivity index (χ4n) is 2.38. The Kier molecular flexibility index (Phi) is 3.28. The van der Waals surface area contributed by atoms with E-state index < -0.39 is 0 Å². The van der Waals surface area contributed by atoms with Crippen LogP contribution in [-0.2, 0) is 6.54 Å². The quantitative estimate of drug-likeness (QED) is 0.743. The first kappa shape index (κ1) is 12.9. The molecule has 0 aliphatic carbocycles. The summed E-state index contributed by atoms with van der Waals surface area (Å²) < 4.78 is 2.24. The second-order valence-corrected chi connectivity index (χ2v) is 5.51. The lowest BCUT2D eigenvalue weighted by molar-refractivity contribution is 0.836. The Balaban J connectivity index is 1.96. The third-order valence-corrected chi connectivity index (χ3v) is 3.76. The minimum absolute atomic E-state index is 0.443. The molecule has 1 aromatic heterocycles. The van der Waals surface area contributed by atoms with E-state index in [2.05, 4.69) is 54.1 Å². The number of aromatic nitrogens is 1. The maximum Gasteiger partial charge on any atom is 0.104 e. The van der Waals surface area contributed by atoms with Crippen molar-refractivity contribution in [3.05, 3.63) is 71.4 Å². The van der Waals surface area contributed by atoms with Crippen LogP contribution in [0.3, 0.4) is 0 Å². The molecule has 0 aliphatic heterocycles. The van der Waals surface area contributed by atoms with Crippen molar-refractivity contribution in [1.82, 2.24) is 4.57 Å². The van der Waals surface area contributed by atoms with Gasteiger partial charge in [0.15, 0.2) is 0 Å². The molecule has 0 atom stereocenters. The van der Waals surface area contributed by atoms with Gasteiger partial charge in [0.1, 0.15) is 4.99 Å². The molecule has 0 unspecified atom stereocenters. The third-order valence-electron chi connectivity index (χ3n) is 3.53. The number of fused-ring (bicyclic) bond motifs is 1. The molecule has 3 heteroatoms. The Labute approximate surface area is 123 Å². The molecular weight excluding hydrogens is 264 g/mol. The van der Waals surface area contributed by atoms with Gasteiger partial charge in [-0.1, -0.05) is 42.0 Å². The second kappa shape index (κ2) is 5.10. The largest absolute Gasteiger partial charge is 0.389 e. The number of rotatable bonds is 3. The van der Waals surface area contributed by atoms with Crippen molar-refractivity contribution in [2.75, 3.05) is 0 Å². The molecule has 2 aromatic carbocycles. The van der Waals surface area contributed by atoms with Crippen LogP contribution in [0.15, 0.2) is 54.7 Å². The molecule has 0 spiro atoms. The van der Waals surface area contributed by atoms with E-state index in [0.717, 1.165) is 12.1 Å². The first-order valence-electron chi connectivity index (χ1n) is 6.58. The Bertz CT molecular complexity index is 769. The molecule has 20 heavy (non-hydrogen) atoms. The average molecular weight is 280 g/mol. The van der Waals surface area contributed by atoms with Gasteiger partial charge in [0, 0.05) is 29.2 Å². The van der Waals surface area contributed by atoms with Gasteiger partial charge in [-0.15, -0.1) is 0 Å². The molecule has 0 bridgehead atoms. The highest BCUT2D eigenvalue weighted by molar-refractivity contribution is 7.80. The van der Waals surface area contributed by atoms with Gasteiger partial charge in [-0.2, -0.15) is 0 Å². The maximum absolute atomic E-state index is 5.67. The highest BCUT2D eigenvalue weighted by Gasteiger charge is 2.04. The van der Waals surface area contributed by atoms with E-state index in [1.807, 2.05) is 12.1 Å². The van der Waals surface area contributed by atoms with Crippen molar-refractivity contribution in [2.24, 2.45) is 5.73 Å². The molecule has 100 valence electrons. The van der Waals surface area contributed by atoms with Gasteiger partial charge >= 0.3 is 0 Å². The van der Waals surface area contributed by atoms with Crippen molar-refractivity contribution in [2.45, 2.75) is 13.5 Å². The zero-order chi connectivity index (χ0) is 14.1. The van der Waals surface area contributed by atoms with Crippen LogP contribution < -0.4 is 5.73 Å². The van der Waals surface area contributed by atoms with E-state index >= 15 is 0 Å². The van der Waals surface area contributed by atoms with Crippen LogP contribution in [0.5, 0.6) is 0 Å². The highest BCUT2D eigenvalue weighted by Crippen LogP contribution is 2.19. The molecule has 0 saturated heterocycles. The number of aryl methyl sites for hydroxylation is 1. The fourth-order valence-corrected chi connectivity index (χ4v) is 2.51. The summed E-state index contributed by atoms with van der Waals surface area (Å²) in [5, 5.41) is 1.17. The SMILES string of the molecule is Cc1ccc(Cn2ccc3cc(C(N)=S)ccc32)cc1.